The van der Waals surface area contributed by atoms with Crippen molar-refractivity contribution in [1.29, 1.82) is 0 Å². The van der Waals surface area contributed by atoms with Gasteiger partial charge >= 0.3 is 0 Å². The van der Waals surface area contributed by atoms with Crippen molar-refractivity contribution in [3.05, 3.63) is 59.4 Å². The molecule has 31 heavy (non-hydrogen) atoms. The number of sulfonamides is 1. The van der Waals surface area contributed by atoms with Gasteiger partial charge in [-0.25, -0.2) is 13.4 Å². The maximum absolute atomic E-state index is 13.1. The van der Waals surface area contributed by atoms with E-state index in [2.05, 4.69) is 17.6 Å². The third-order valence-corrected chi connectivity index (χ3v) is 7.50. The number of benzene rings is 2. The standard InChI is InChI=1S/C23H26ClN3O3S/c1-3-9-27-22-8-7-19(31(28,29)26-10-12-30-13-11-26)16-21(22)25-23(27)20(24)15-18-6-4-5-17(2)14-18/h4-8,14-16H,3,9-13H2,1-2H3/b20-15-. The molecule has 1 fully saturated rings. The predicted octanol–water partition coefficient (Wildman–Crippen LogP) is 4.51. The molecule has 4 rings (SSSR count). The lowest BCUT2D eigenvalue weighted by atomic mass is 10.1. The highest BCUT2D eigenvalue weighted by Gasteiger charge is 2.27. The number of hydrogen-bond acceptors (Lipinski definition) is 4. The molecule has 0 aliphatic carbocycles. The van der Waals surface area contributed by atoms with Gasteiger partial charge in [-0.2, -0.15) is 4.31 Å². The smallest absolute Gasteiger partial charge is 0.243 e. The van der Waals surface area contributed by atoms with Crippen LogP contribution in [0.25, 0.3) is 22.1 Å². The summed E-state index contributed by atoms with van der Waals surface area (Å²) < 4.78 is 34.9. The van der Waals surface area contributed by atoms with Crippen LogP contribution < -0.4 is 0 Å². The molecule has 2 heterocycles. The van der Waals surface area contributed by atoms with Crippen LogP contribution in [0.15, 0.2) is 47.4 Å². The number of aryl methyl sites for hydroxylation is 2. The molecule has 1 aliphatic rings. The average molecular weight is 460 g/mol. The van der Waals surface area contributed by atoms with Crippen LogP contribution in [-0.2, 0) is 21.3 Å². The van der Waals surface area contributed by atoms with Gasteiger partial charge in [-0.05, 0) is 43.2 Å². The SMILES string of the molecule is CCCn1c(/C(Cl)=C/c2cccc(C)c2)nc2cc(S(=O)(=O)N3CCOCC3)ccc21. The fourth-order valence-corrected chi connectivity index (χ4v) is 5.51. The largest absolute Gasteiger partial charge is 0.379 e. The van der Waals surface area contributed by atoms with Crippen molar-refractivity contribution in [2.24, 2.45) is 0 Å². The molecule has 6 nitrogen and oxygen atoms in total. The lowest BCUT2D eigenvalue weighted by molar-refractivity contribution is 0.0730. The number of morpholine rings is 1. The zero-order valence-electron chi connectivity index (χ0n) is 17.7. The summed E-state index contributed by atoms with van der Waals surface area (Å²) >= 11 is 6.69. The number of aromatic nitrogens is 2. The second-order valence-electron chi connectivity index (χ2n) is 7.66. The van der Waals surface area contributed by atoms with Crippen LogP contribution in [0, 0.1) is 6.92 Å². The summed E-state index contributed by atoms with van der Waals surface area (Å²) in [6.45, 7) is 6.41. The third-order valence-electron chi connectivity index (χ3n) is 5.32. The average Bonchev–Trinajstić information content (AvgIpc) is 3.13. The number of halogens is 1. The van der Waals surface area contributed by atoms with Crippen molar-refractivity contribution >= 4 is 43.8 Å². The molecule has 8 heteroatoms. The highest BCUT2D eigenvalue weighted by Crippen LogP contribution is 2.29. The zero-order valence-corrected chi connectivity index (χ0v) is 19.3. The number of imidazole rings is 1. The van der Waals surface area contributed by atoms with E-state index in [0.717, 1.165) is 29.6 Å². The molecule has 2 aromatic carbocycles. The monoisotopic (exact) mass is 459 g/mol. The Morgan fingerprint density at radius 3 is 2.68 bits per heavy atom. The van der Waals surface area contributed by atoms with Crippen LogP contribution in [0.4, 0.5) is 0 Å². The van der Waals surface area contributed by atoms with Crippen molar-refractivity contribution in [3.63, 3.8) is 0 Å². The number of fused-ring (bicyclic) bond motifs is 1. The molecule has 0 N–H and O–H groups in total. The Kier molecular flexibility index (Phi) is 6.48. The number of ether oxygens (including phenoxy) is 1. The lowest BCUT2D eigenvalue weighted by Crippen LogP contribution is -2.40. The molecule has 3 aromatic rings. The highest BCUT2D eigenvalue weighted by molar-refractivity contribution is 7.89. The molecule has 1 saturated heterocycles. The Labute approximate surface area is 188 Å². The fourth-order valence-electron chi connectivity index (χ4n) is 3.81. The van der Waals surface area contributed by atoms with Crippen molar-refractivity contribution in [2.75, 3.05) is 26.3 Å². The second kappa shape index (κ2) is 9.12. The Morgan fingerprint density at radius 1 is 1.19 bits per heavy atom. The maximum atomic E-state index is 13.1. The van der Waals surface area contributed by atoms with Gasteiger partial charge in [0.25, 0.3) is 0 Å². The van der Waals surface area contributed by atoms with Gasteiger partial charge in [-0.1, -0.05) is 48.4 Å². The summed E-state index contributed by atoms with van der Waals surface area (Å²) in [4.78, 5) is 4.97. The van der Waals surface area contributed by atoms with E-state index in [9.17, 15) is 8.42 Å². The van der Waals surface area contributed by atoms with Crippen molar-refractivity contribution in [1.82, 2.24) is 13.9 Å². The van der Waals surface area contributed by atoms with E-state index in [1.165, 1.54) is 4.31 Å². The Balaban J connectivity index is 1.77. The molecule has 0 amide bonds. The molecular weight excluding hydrogens is 434 g/mol. The van der Waals surface area contributed by atoms with Crippen LogP contribution in [-0.4, -0.2) is 48.6 Å². The summed E-state index contributed by atoms with van der Waals surface area (Å²) in [5.41, 5.74) is 3.64. The highest BCUT2D eigenvalue weighted by atomic mass is 35.5. The quantitative estimate of drug-likeness (QED) is 0.544. The number of hydrogen-bond donors (Lipinski definition) is 0. The normalized spacial score (nSPS) is 16.2. The first-order valence-electron chi connectivity index (χ1n) is 10.4. The van der Waals surface area contributed by atoms with Gasteiger partial charge in [-0.15, -0.1) is 0 Å². The van der Waals surface area contributed by atoms with Gasteiger partial charge in [0.2, 0.25) is 10.0 Å². The van der Waals surface area contributed by atoms with Crippen LogP contribution >= 0.6 is 11.6 Å². The van der Waals surface area contributed by atoms with Gasteiger partial charge in [0.15, 0.2) is 5.82 Å². The van der Waals surface area contributed by atoms with E-state index in [4.69, 9.17) is 21.3 Å². The van der Waals surface area contributed by atoms with E-state index < -0.39 is 10.0 Å². The van der Waals surface area contributed by atoms with Gasteiger partial charge in [0, 0.05) is 19.6 Å². The first-order chi connectivity index (χ1) is 14.9. The van der Waals surface area contributed by atoms with E-state index in [0.29, 0.717) is 42.7 Å². The van der Waals surface area contributed by atoms with Gasteiger partial charge in [0.05, 0.1) is 34.2 Å². The van der Waals surface area contributed by atoms with Gasteiger partial charge in [0.1, 0.15) is 0 Å². The Hall–Kier alpha value is -2.19. The van der Waals surface area contributed by atoms with Crippen molar-refractivity contribution < 1.29 is 13.2 Å². The summed E-state index contributed by atoms with van der Waals surface area (Å²) in [5.74, 6) is 0.640. The van der Waals surface area contributed by atoms with Crippen molar-refractivity contribution in [2.45, 2.75) is 31.7 Å². The molecular formula is C23H26ClN3O3S. The third kappa shape index (κ3) is 4.55. The molecule has 0 radical (unpaired) electrons. The Morgan fingerprint density at radius 2 is 1.97 bits per heavy atom. The minimum Gasteiger partial charge on any atom is -0.379 e. The molecule has 0 spiro atoms. The topological polar surface area (TPSA) is 64.4 Å². The van der Waals surface area contributed by atoms with E-state index in [1.54, 1.807) is 12.1 Å². The zero-order chi connectivity index (χ0) is 22.0. The molecule has 0 bridgehead atoms. The van der Waals surface area contributed by atoms with Crippen LogP contribution in [0.3, 0.4) is 0 Å². The minimum absolute atomic E-state index is 0.244. The minimum atomic E-state index is -3.59. The fraction of sp³-hybridized carbons (Fsp3) is 0.348. The molecule has 164 valence electrons. The van der Waals surface area contributed by atoms with Gasteiger partial charge < -0.3 is 9.30 Å². The molecule has 0 saturated carbocycles. The van der Waals surface area contributed by atoms with E-state index >= 15 is 0 Å². The maximum Gasteiger partial charge on any atom is 0.243 e. The first-order valence-corrected chi connectivity index (χ1v) is 12.2. The lowest BCUT2D eigenvalue weighted by Gasteiger charge is -2.26. The molecule has 1 aliphatic heterocycles. The van der Waals surface area contributed by atoms with Crippen molar-refractivity contribution in [3.8, 4) is 0 Å². The van der Waals surface area contributed by atoms with E-state index in [-0.39, 0.29) is 4.90 Å². The first kappa shape index (κ1) is 22.0. The summed E-state index contributed by atoms with van der Waals surface area (Å²) in [5, 5.41) is 0.521. The summed E-state index contributed by atoms with van der Waals surface area (Å²) in [7, 11) is -3.59. The number of nitrogens with zero attached hydrogens (tertiary/aromatic N) is 3. The van der Waals surface area contributed by atoms with Crippen LogP contribution in [0.1, 0.15) is 30.3 Å². The summed E-state index contributed by atoms with van der Waals surface area (Å²) in [6, 6.07) is 13.2. The molecule has 1 aromatic heterocycles. The van der Waals surface area contributed by atoms with Crippen LogP contribution in [0.2, 0.25) is 0 Å². The molecule has 0 atom stereocenters. The van der Waals surface area contributed by atoms with Gasteiger partial charge in [-0.3, -0.25) is 0 Å². The number of rotatable bonds is 6. The van der Waals surface area contributed by atoms with E-state index in [1.807, 2.05) is 37.3 Å². The second-order valence-corrected chi connectivity index (χ2v) is 10.0. The van der Waals surface area contributed by atoms with Crippen LogP contribution in [0.5, 0.6) is 0 Å². The summed E-state index contributed by atoms with van der Waals surface area (Å²) in [6.07, 6.45) is 2.80. The predicted molar refractivity (Wildman–Crippen MR) is 125 cm³/mol. The molecule has 0 unspecified atom stereocenters. The Bertz CT molecular complexity index is 1230.